The fourth-order valence-corrected chi connectivity index (χ4v) is 4.06. The van der Waals surface area contributed by atoms with Crippen molar-refractivity contribution in [2.75, 3.05) is 6.54 Å². The average molecular weight is 447 g/mol. The van der Waals surface area contributed by atoms with E-state index in [0.29, 0.717) is 47.2 Å². The molecule has 0 fully saturated rings. The minimum absolute atomic E-state index is 0.171. The van der Waals surface area contributed by atoms with Gasteiger partial charge in [0, 0.05) is 24.1 Å². The number of imide groups is 1. The maximum absolute atomic E-state index is 12.4. The molecular weight excluding hydrogens is 426 g/mol. The molecule has 0 bridgehead atoms. The number of hydrogen-bond donors (Lipinski definition) is 1. The summed E-state index contributed by atoms with van der Waals surface area (Å²) in [5.74, 6) is 6.38. The van der Waals surface area contributed by atoms with Crippen LogP contribution in [0.5, 0.6) is 0 Å². The van der Waals surface area contributed by atoms with Crippen LogP contribution in [-0.4, -0.2) is 33.2 Å². The predicted molar refractivity (Wildman–Crippen MR) is 130 cm³/mol. The first-order valence-electron chi connectivity index (χ1n) is 11.2. The van der Waals surface area contributed by atoms with Gasteiger partial charge in [-0.15, -0.1) is 0 Å². The third-order valence-corrected chi connectivity index (χ3v) is 5.79. The Hall–Kier alpha value is -4.50. The lowest BCUT2D eigenvalue weighted by Gasteiger charge is -2.12. The number of fused-ring (bicyclic) bond motifs is 2. The van der Waals surface area contributed by atoms with Crippen molar-refractivity contribution in [2.45, 2.75) is 19.3 Å². The van der Waals surface area contributed by atoms with Crippen molar-refractivity contribution < 1.29 is 9.59 Å². The number of nitrogens with one attached hydrogen (secondary N) is 1. The van der Waals surface area contributed by atoms with Crippen LogP contribution in [0, 0.1) is 11.8 Å². The molecule has 4 aromatic rings. The van der Waals surface area contributed by atoms with E-state index in [-0.39, 0.29) is 17.4 Å². The van der Waals surface area contributed by atoms with Gasteiger partial charge < -0.3 is 4.98 Å². The lowest BCUT2D eigenvalue weighted by Crippen LogP contribution is -2.30. The van der Waals surface area contributed by atoms with Crippen LogP contribution >= 0.6 is 0 Å². The van der Waals surface area contributed by atoms with Gasteiger partial charge in [0.1, 0.15) is 5.82 Å². The summed E-state index contributed by atoms with van der Waals surface area (Å²) >= 11 is 0. The van der Waals surface area contributed by atoms with Crippen LogP contribution < -0.4 is 5.56 Å². The molecule has 1 aliphatic rings. The highest BCUT2D eigenvalue weighted by atomic mass is 16.2. The Morgan fingerprint density at radius 1 is 0.824 bits per heavy atom. The highest BCUT2D eigenvalue weighted by molar-refractivity contribution is 6.21. The number of aromatic nitrogens is 2. The number of nitrogens with zero attached hydrogens (tertiary/aromatic N) is 2. The van der Waals surface area contributed by atoms with Crippen molar-refractivity contribution in [1.82, 2.24) is 14.9 Å². The van der Waals surface area contributed by atoms with Crippen LogP contribution in [0.2, 0.25) is 0 Å². The van der Waals surface area contributed by atoms with Crippen LogP contribution in [0.3, 0.4) is 0 Å². The fourth-order valence-electron chi connectivity index (χ4n) is 4.06. The van der Waals surface area contributed by atoms with Gasteiger partial charge in [-0.25, -0.2) is 4.98 Å². The Morgan fingerprint density at radius 2 is 1.56 bits per heavy atom. The van der Waals surface area contributed by atoms with Crippen molar-refractivity contribution in [3.05, 3.63) is 99.8 Å². The number of benzene rings is 3. The fraction of sp³-hybridized carbons (Fsp3) is 0.143. The molecule has 0 aliphatic carbocycles. The second-order valence-corrected chi connectivity index (χ2v) is 8.08. The highest BCUT2D eigenvalue weighted by Gasteiger charge is 2.34. The van der Waals surface area contributed by atoms with E-state index in [1.807, 2.05) is 42.5 Å². The maximum atomic E-state index is 12.4. The summed E-state index contributed by atoms with van der Waals surface area (Å²) in [5.41, 5.74) is 3.06. The van der Waals surface area contributed by atoms with Gasteiger partial charge in [0.05, 0.1) is 22.0 Å². The molecule has 2 amide bonds. The summed E-state index contributed by atoms with van der Waals surface area (Å²) in [6, 6.07) is 21.8. The molecule has 0 spiro atoms. The molecule has 3 aromatic carbocycles. The largest absolute Gasteiger partial charge is 0.306 e. The van der Waals surface area contributed by atoms with E-state index in [2.05, 4.69) is 21.8 Å². The Kier molecular flexibility index (Phi) is 5.75. The minimum Gasteiger partial charge on any atom is -0.306 e. The number of aromatic amines is 1. The van der Waals surface area contributed by atoms with Gasteiger partial charge >= 0.3 is 0 Å². The summed E-state index contributed by atoms with van der Waals surface area (Å²) < 4.78 is 0. The van der Waals surface area contributed by atoms with Gasteiger partial charge in [-0.2, -0.15) is 0 Å². The van der Waals surface area contributed by atoms with E-state index < -0.39 is 0 Å². The zero-order valence-electron chi connectivity index (χ0n) is 18.4. The molecule has 1 aromatic heterocycles. The number of hydrogen-bond acceptors (Lipinski definition) is 4. The van der Waals surface area contributed by atoms with Crippen molar-refractivity contribution in [3.8, 4) is 23.2 Å². The molecule has 6 heteroatoms. The van der Waals surface area contributed by atoms with E-state index in [0.717, 1.165) is 17.5 Å². The first-order chi connectivity index (χ1) is 16.6. The van der Waals surface area contributed by atoms with Crippen LogP contribution in [0.25, 0.3) is 22.3 Å². The summed E-state index contributed by atoms with van der Waals surface area (Å²) in [4.78, 5) is 45.9. The lowest BCUT2D eigenvalue weighted by molar-refractivity contribution is 0.0652. The molecule has 0 unspecified atom stereocenters. The monoisotopic (exact) mass is 447 g/mol. The lowest BCUT2D eigenvalue weighted by atomic mass is 10.1. The molecule has 5 rings (SSSR count). The summed E-state index contributed by atoms with van der Waals surface area (Å²) in [6.45, 7) is 0.393. The molecule has 0 atom stereocenters. The van der Waals surface area contributed by atoms with Crippen molar-refractivity contribution in [2.24, 2.45) is 0 Å². The Labute approximate surface area is 196 Å². The van der Waals surface area contributed by atoms with Crippen molar-refractivity contribution >= 4 is 22.7 Å². The molecule has 1 aliphatic heterocycles. The van der Waals surface area contributed by atoms with E-state index in [9.17, 15) is 14.4 Å². The zero-order valence-corrected chi connectivity index (χ0v) is 18.4. The van der Waals surface area contributed by atoms with Gasteiger partial charge in [0.25, 0.3) is 17.4 Å². The SMILES string of the molecule is O=C1c2ccccc2C(=O)N1CCCCC#Cc1cccc(-c2nc3ccccc3c(=O)[nH]2)c1. The van der Waals surface area contributed by atoms with Crippen molar-refractivity contribution in [3.63, 3.8) is 0 Å². The van der Waals surface area contributed by atoms with Crippen molar-refractivity contribution in [1.29, 1.82) is 0 Å². The van der Waals surface area contributed by atoms with E-state index in [1.165, 1.54) is 4.90 Å². The minimum atomic E-state index is -0.219. The number of H-pyrrole nitrogens is 1. The van der Waals surface area contributed by atoms with Gasteiger partial charge in [0.15, 0.2) is 0 Å². The standard InChI is InChI=1S/C28H21N3O3/c32-26-23-15-6-7-16-24(23)29-25(30-26)20-12-9-11-19(18-20)10-3-1-2-8-17-31-27(33)21-13-4-5-14-22(21)28(31)34/h4-7,9,11-16,18H,1-2,8,17H2,(H,29,30,32). The molecule has 0 radical (unpaired) electrons. The van der Waals surface area contributed by atoms with Crippen LogP contribution in [0.4, 0.5) is 0 Å². The topological polar surface area (TPSA) is 83.1 Å². The molecule has 6 nitrogen and oxygen atoms in total. The number of amides is 2. The number of carbonyl (C=O) groups excluding carboxylic acids is 2. The Bertz CT molecular complexity index is 1510. The van der Waals surface area contributed by atoms with E-state index >= 15 is 0 Å². The number of carbonyl (C=O) groups is 2. The highest BCUT2D eigenvalue weighted by Crippen LogP contribution is 2.23. The molecule has 34 heavy (non-hydrogen) atoms. The normalized spacial score (nSPS) is 12.5. The van der Waals surface area contributed by atoms with Gasteiger partial charge in [-0.3, -0.25) is 19.3 Å². The predicted octanol–water partition coefficient (Wildman–Crippen LogP) is 4.41. The quantitative estimate of drug-likeness (QED) is 0.279. The maximum Gasteiger partial charge on any atom is 0.261 e. The molecule has 0 saturated heterocycles. The summed E-state index contributed by atoms with van der Waals surface area (Å²) in [7, 11) is 0. The second-order valence-electron chi connectivity index (χ2n) is 8.08. The molecule has 0 saturated carbocycles. The van der Waals surface area contributed by atoms with Gasteiger partial charge in [-0.05, 0) is 49.2 Å². The van der Waals surface area contributed by atoms with Crippen LogP contribution in [0.15, 0.2) is 77.6 Å². The molecule has 1 N–H and O–H groups in total. The molecular formula is C28H21N3O3. The zero-order chi connectivity index (χ0) is 23.5. The third-order valence-electron chi connectivity index (χ3n) is 5.79. The first-order valence-corrected chi connectivity index (χ1v) is 11.2. The first kappa shape index (κ1) is 21.4. The van der Waals surface area contributed by atoms with Crippen LogP contribution in [0.1, 0.15) is 45.5 Å². The third kappa shape index (κ3) is 4.12. The van der Waals surface area contributed by atoms with Gasteiger partial charge in [-0.1, -0.05) is 48.2 Å². The summed E-state index contributed by atoms with van der Waals surface area (Å²) in [5, 5.41) is 0.559. The number of para-hydroxylation sites is 1. The van der Waals surface area contributed by atoms with E-state index in [1.54, 1.807) is 30.3 Å². The van der Waals surface area contributed by atoms with Gasteiger partial charge in [0.2, 0.25) is 0 Å². The van der Waals surface area contributed by atoms with E-state index in [4.69, 9.17) is 0 Å². The smallest absolute Gasteiger partial charge is 0.261 e. The summed E-state index contributed by atoms with van der Waals surface area (Å²) in [6.07, 6.45) is 2.13. The Balaban J connectivity index is 1.20. The Morgan fingerprint density at radius 3 is 2.35 bits per heavy atom. The number of unbranched alkanes of at least 4 members (excludes halogenated alkanes) is 2. The van der Waals surface area contributed by atoms with Crippen LogP contribution in [-0.2, 0) is 0 Å². The molecule has 2 heterocycles. The molecule has 166 valence electrons. The second kappa shape index (κ2) is 9.16. The number of rotatable bonds is 5. The average Bonchev–Trinajstić information content (AvgIpc) is 3.11.